The first kappa shape index (κ1) is 11.3. The third-order valence-electron chi connectivity index (χ3n) is 2.84. The molecule has 16 heavy (non-hydrogen) atoms. The van der Waals surface area contributed by atoms with Crippen molar-refractivity contribution in [1.29, 1.82) is 0 Å². The Morgan fingerprint density at radius 2 is 2.38 bits per heavy atom. The smallest absolute Gasteiger partial charge is 0.110 e. The Balaban J connectivity index is 2.42. The molecule has 0 unspecified atom stereocenters. The molecule has 1 aromatic rings. The highest BCUT2D eigenvalue weighted by Gasteiger charge is 2.13. The topological polar surface area (TPSA) is 19.0 Å². The summed E-state index contributed by atoms with van der Waals surface area (Å²) in [5.74, 6) is 0. The summed E-state index contributed by atoms with van der Waals surface area (Å²) in [6, 6.07) is 2.18. The Hall–Kier alpha value is -1.19. The molecular formula is C13H16N2S. The molecule has 1 N–H and O–H groups in total. The zero-order valence-electron chi connectivity index (χ0n) is 9.49. The number of hydrogen-bond acceptors (Lipinski definition) is 2. The van der Waals surface area contributed by atoms with Gasteiger partial charge in [0, 0.05) is 30.8 Å². The molecule has 0 spiro atoms. The number of H-pyrrole nitrogens is 1. The first-order chi connectivity index (χ1) is 7.70. The molecule has 0 aliphatic carbocycles. The highest BCUT2D eigenvalue weighted by molar-refractivity contribution is 7.71. The molecule has 0 aromatic carbocycles. The fourth-order valence-corrected chi connectivity index (χ4v) is 2.21. The lowest BCUT2D eigenvalue weighted by molar-refractivity contribution is 0.310. The van der Waals surface area contributed by atoms with Gasteiger partial charge < -0.3 is 9.88 Å². The van der Waals surface area contributed by atoms with Crippen molar-refractivity contribution in [3.05, 3.63) is 46.3 Å². The van der Waals surface area contributed by atoms with Gasteiger partial charge in [-0.05, 0) is 18.7 Å². The summed E-state index contributed by atoms with van der Waals surface area (Å²) in [6.45, 7) is 5.76. The first-order valence-electron chi connectivity index (χ1n) is 5.43. The van der Waals surface area contributed by atoms with Crippen LogP contribution in [0.25, 0.3) is 6.08 Å². The molecule has 0 radical (unpaired) electrons. The largest absolute Gasteiger partial charge is 0.349 e. The molecule has 0 bridgehead atoms. The molecule has 1 aliphatic rings. The van der Waals surface area contributed by atoms with Crippen LogP contribution in [0.5, 0.6) is 0 Å². The third-order valence-corrected chi connectivity index (χ3v) is 3.18. The fourth-order valence-electron chi connectivity index (χ4n) is 1.96. The SMILES string of the molecule is C=C/C=C/c1cc2c([nH]c1=S)CCN(C)C2. The van der Waals surface area contributed by atoms with Crippen LogP contribution in [0.2, 0.25) is 0 Å². The molecule has 2 rings (SSSR count). The maximum atomic E-state index is 5.33. The minimum absolute atomic E-state index is 0.821. The van der Waals surface area contributed by atoms with Crippen molar-refractivity contribution in [2.75, 3.05) is 13.6 Å². The highest BCUT2D eigenvalue weighted by Crippen LogP contribution is 2.18. The van der Waals surface area contributed by atoms with E-state index in [9.17, 15) is 0 Å². The molecule has 3 heteroatoms. The van der Waals surface area contributed by atoms with Crippen LogP contribution < -0.4 is 0 Å². The summed E-state index contributed by atoms with van der Waals surface area (Å²) in [4.78, 5) is 5.65. The van der Waals surface area contributed by atoms with Gasteiger partial charge in [-0.3, -0.25) is 0 Å². The molecule has 1 aromatic heterocycles. The second-order valence-corrected chi connectivity index (χ2v) is 4.55. The van der Waals surface area contributed by atoms with E-state index in [1.165, 1.54) is 11.3 Å². The van der Waals surface area contributed by atoms with Gasteiger partial charge in [0.25, 0.3) is 0 Å². The number of hydrogen-bond donors (Lipinski definition) is 1. The molecule has 0 saturated carbocycles. The monoisotopic (exact) mass is 232 g/mol. The molecule has 0 amide bonds. The molecule has 2 nitrogen and oxygen atoms in total. The average molecular weight is 232 g/mol. The van der Waals surface area contributed by atoms with Gasteiger partial charge in [0.15, 0.2) is 0 Å². The number of pyridine rings is 1. The molecule has 0 atom stereocenters. The van der Waals surface area contributed by atoms with Crippen LogP contribution in [0.15, 0.2) is 24.8 Å². The van der Waals surface area contributed by atoms with Gasteiger partial charge >= 0.3 is 0 Å². The van der Waals surface area contributed by atoms with Gasteiger partial charge in [-0.25, -0.2) is 0 Å². The lowest BCUT2D eigenvalue weighted by Crippen LogP contribution is -2.27. The molecule has 2 heterocycles. The maximum Gasteiger partial charge on any atom is 0.110 e. The maximum absolute atomic E-state index is 5.33. The summed E-state index contributed by atoms with van der Waals surface area (Å²) in [5, 5.41) is 0. The molecule has 0 fully saturated rings. The van der Waals surface area contributed by atoms with Crippen molar-refractivity contribution in [3.8, 4) is 0 Å². The minimum Gasteiger partial charge on any atom is -0.349 e. The number of nitrogens with zero attached hydrogens (tertiary/aromatic N) is 1. The predicted octanol–water partition coefficient (Wildman–Crippen LogP) is 2.93. The molecule has 84 valence electrons. The van der Waals surface area contributed by atoms with Gasteiger partial charge in [0.2, 0.25) is 0 Å². The fraction of sp³-hybridized carbons (Fsp3) is 0.308. The minimum atomic E-state index is 0.821. The Labute approximate surface area is 101 Å². The van der Waals surface area contributed by atoms with E-state index < -0.39 is 0 Å². The van der Waals surface area contributed by atoms with E-state index in [1.54, 1.807) is 6.08 Å². The van der Waals surface area contributed by atoms with Gasteiger partial charge in [-0.1, -0.05) is 37.0 Å². The van der Waals surface area contributed by atoms with Crippen molar-refractivity contribution in [2.24, 2.45) is 0 Å². The number of nitrogens with one attached hydrogen (secondary N) is 1. The second-order valence-electron chi connectivity index (χ2n) is 4.14. The van der Waals surface area contributed by atoms with E-state index in [0.717, 1.165) is 29.7 Å². The van der Waals surface area contributed by atoms with Crippen LogP contribution in [0, 0.1) is 4.64 Å². The van der Waals surface area contributed by atoms with E-state index in [2.05, 4.69) is 29.6 Å². The van der Waals surface area contributed by atoms with Crippen LogP contribution in [-0.2, 0) is 13.0 Å². The van der Waals surface area contributed by atoms with E-state index >= 15 is 0 Å². The number of fused-ring (bicyclic) bond motifs is 1. The van der Waals surface area contributed by atoms with E-state index in [4.69, 9.17) is 12.2 Å². The first-order valence-corrected chi connectivity index (χ1v) is 5.84. The zero-order chi connectivity index (χ0) is 11.5. The van der Waals surface area contributed by atoms with Crippen molar-refractivity contribution in [2.45, 2.75) is 13.0 Å². The second kappa shape index (κ2) is 4.76. The van der Waals surface area contributed by atoms with Gasteiger partial charge in [0.05, 0.1) is 0 Å². The normalized spacial score (nSPS) is 16.3. The van der Waals surface area contributed by atoms with Crippen molar-refractivity contribution in [1.82, 2.24) is 9.88 Å². The molecular weight excluding hydrogens is 216 g/mol. The van der Waals surface area contributed by atoms with Gasteiger partial charge in [-0.2, -0.15) is 0 Å². The van der Waals surface area contributed by atoms with Crippen LogP contribution in [0.4, 0.5) is 0 Å². The molecule has 1 aliphatic heterocycles. The predicted molar refractivity (Wildman–Crippen MR) is 70.9 cm³/mol. The Bertz CT molecular complexity index is 485. The summed E-state index contributed by atoms with van der Waals surface area (Å²) in [5.41, 5.74) is 3.72. The van der Waals surface area contributed by atoms with Crippen LogP contribution in [-0.4, -0.2) is 23.5 Å². The molecule has 0 saturated heterocycles. The number of aromatic nitrogens is 1. The Kier molecular flexibility index (Phi) is 3.36. The van der Waals surface area contributed by atoms with Crippen molar-refractivity contribution in [3.63, 3.8) is 0 Å². The number of rotatable bonds is 2. The number of likely N-dealkylation sites (N-methyl/N-ethyl adjacent to an activating group) is 1. The Morgan fingerprint density at radius 1 is 1.56 bits per heavy atom. The number of allylic oxidation sites excluding steroid dienone is 2. The van der Waals surface area contributed by atoms with Crippen molar-refractivity contribution >= 4 is 18.3 Å². The Morgan fingerprint density at radius 3 is 3.12 bits per heavy atom. The van der Waals surface area contributed by atoms with E-state index in [0.29, 0.717) is 0 Å². The van der Waals surface area contributed by atoms with Crippen LogP contribution >= 0.6 is 12.2 Å². The average Bonchev–Trinajstić information content (AvgIpc) is 2.27. The summed E-state index contributed by atoms with van der Waals surface area (Å²) >= 11 is 5.33. The third kappa shape index (κ3) is 2.31. The van der Waals surface area contributed by atoms with Crippen molar-refractivity contribution < 1.29 is 0 Å². The standard InChI is InChI=1S/C13H16N2S/c1-3-4-5-10-8-11-9-15(2)7-6-12(11)14-13(10)16/h3-5,8H,1,6-7,9H2,2H3,(H,14,16)/b5-4+. The lowest BCUT2D eigenvalue weighted by atomic mass is 10.0. The lowest BCUT2D eigenvalue weighted by Gasteiger charge is -2.25. The quantitative estimate of drug-likeness (QED) is 0.624. The van der Waals surface area contributed by atoms with E-state index in [1.807, 2.05) is 12.2 Å². The summed E-state index contributed by atoms with van der Waals surface area (Å²) in [7, 11) is 2.14. The summed E-state index contributed by atoms with van der Waals surface area (Å²) in [6.07, 6.45) is 6.74. The van der Waals surface area contributed by atoms with E-state index in [-0.39, 0.29) is 0 Å². The highest BCUT2D eigenvalue weighted by atomic mass is 32.1. The zero-order valence-corrected chi connectivity index (χ0v) is 10.3. The number of aromatic amines is 1. The summed E-state index contributed by atoms with van der Waals surface area (Å²) < 4.78 is 0.821. The van der Waals surface area contributed by atoms with Gasteiger partial charge in [-0.15, -0.1) is 0 Å². The van der Waals surface area contributed by atoms with Crippen LogP contribution in [0.3, 0.4) is 0 Å². The van der Waals surface area contributed by atoms with Gasteiger partial charge in [0.1, 0.15) is 4.64 Å². The van der Waals surface area contributed by atoms with Crippen LogP contribution in [0.1, 0.15) is 16.8 Å².